The van der Waals surface area contributed by atoms with Gasteiger partial charge in [-0.1, -0.05) is 12.1 Å². The number of rotatable bonds is 2. The molecule has 1 saturated heterocycles. The maximum atomic E-state index is 11.9. The molecule has 4 heteroatoms. The van der Waals surface area contributed by atoms with Gasteiger partial charge in [0.25, 0.3) is 0 Å². The van der Waals surface area contributed by atoms with Crippen LogP contribution in [0.5, 0.6) is 5.75 Å². The Morgan fingerprint density at radius 3 is 2.39 bits per heavy atom. The highest BCUT2D eigenvalue weighted by molar-refractivity contribution is 5.81. The monoisotopic (exact) mass is 246 g/mol. The maximum absolute atomic E-state index is 11.9. The number of nitrogens with zero attached hydrogens (tertiary/aromatic N) is 2. The van der Waals surface area contributed by atoms with Gasteiger partial charge in [-0.05, 0) is 25.0 Å². The van der Waals surface area contributed by atoms with Gasteiger partial charge in [-0.2, -0.15) is 0 Å². The quantitative estimate of drug-likeness (QED) is 0.859. The zero-order valence-corrected chi connectivity index (χ0v) is 10.4. The summed E-state index contributed by atoms with van der Waals surface area (Å²) >= 11 is 0. The van der Waals surface area contributed by atoms with E-state index in [-0.39, 0.29) is 0 Å². The largest absolute Gasteiger partial charge is 0.506 e. The van der Waals surface area contributed by atoms with Crippen LogP contribution in [0.1, 0.15) is 12.8 Å². The molecule has 2 fully saturated rings. The van der Waals surface area contributed by atoms with E-state index >= 15 is 0 Å². The van der Waals surface area contributed by atoms with Crippen LogP contribution in [0.3, 0.4) is 0 Å². The lowest BCUT2D eigenvalue weighted by molar-refractivity contribution is -0.132. The van der Waals surface area contributed by atoms with E-state index in [1.165, 1.54) is 0 Å². The van der Waals surface area contributed by atoms with Crippen molar-refractivity contribution in [3.8, 4) is 5.75 Å². The lowest BCUT2D eigenvalue weighted by Gasteiger charge is -2.36. The highest BCUT2D eigenvalue weighted by Crippen LogP contribution is 2.32. The smallest absolute Gasteiger partial charge is 0.225 e. The first kappa shape index (κ1) is 11.4. The molecule has 4 nitrogen and oxygen atoms in total. The van der Waals surface area contributed by atoms with Crippen LogP contribution in [-0.4, -0.2) is 42.1 Å². The number of phenols is 1. The molecule has 18 heavy (non-hydrogen) atoms. The molecule has 3 rings (SSSR count). The molecule has 1 aliphatic carbocycles. The number of hydrogen-bond donors (Lipinski definition) is 1. The Morgan fingerprint density at radius 2 is 1.78 bits per heavy atom. The molecule has 0 spiro atoms. The Balaban J connectivity index is 1.63. The number of phenolic OH excluding ortho intramolecular Hbond substituents is 1. The lowest BCUT2D eigenvalue weighted by Crippen LogP contribution is -2.49. The van der Waals surface area contributed by atoms with E-state index in [0.29, 0.717) is 17.6 Å². The molecule has 0 bridgehead atoms. The lowest BCUT2D eigenvalue weighted by atomic mass is 10.2. The van der Waals surface area contributed by atoms with Crippen molar-refractivity contribution in [2.24, 2.45) is 5.92 Å². The Kier molecular flexibility index (Phi) is 2.86. The third-order valence-corrected chi connectivity index (χ3v) is 3.74. The van der Waals surface area contributed by atoms with Gasteiger partial charge in [0, 0.05) is 32.1 Å². The van der Waals surface area contributed by atoms with Gasteiger partial charge in [-0.3, -0.25) is 4.79 Å². The number of aromatic hydroxyl groups is 1. The average molecular weight is 246 g/mol. The van der Waals surface area contributed by atoms with Crippen LogP contribution in [-0.2, 0) is 4.79 Å². The van der Waals surface area contributed by atoms with E-state index < -0.39 is 0 Å². The molecule has 0 radical (unpaired) electrons. The second kappa shape index (κ2) is 4.52. The van der Waals surface area contributed by atoms with Gasteiger partial charge in [0.1, 0.15) is 5.75 Å². The molecule has 0 unspecified atom stereocenters. The van der Waals surface area contributed by atoms with Crippen molar-refractivity contribution in [3.63, 3.8) is 0 Å². The first-order chi connectivity index (χ1) is 8.75. The van der Waals surface area contributed by atoms with Crippen LogP contribution >= 0.6 is 0 Å². The fourth-order valence-corrected chi connectivity index (χ4v) is 2.49. The van der Waals surface area contributed by atoms with Gasteiger partial charge in [-0.25, -0.2) is 0 Å². The second-order valence-corrected chi connectivity index (χ2v) is 5.08. The van der Waals surface area contributed by atoms with Gasteiger partial charge >= 0.3 is 0 Å². The molecule has 0 aromatic heterocycles. The summed E-state index contributed by atoms with van der Waals surface area (Å²) in [5, 5.41) is 9.81. The van der Waals surface area contributed by atoms with E-state index in [2.05, 4.69) is 4.90 Å². The van der Waals surface area contributed by atoms with Gasteiger partial charge in [0.15, 0.2) is 0 Å². The predicted octanol–water partition coefficient (Wildman–Crippen LogP) is 1.45. The van der Waals surface area contributed by atoms with Gasteiger partial charge in [0.05, 0.1) is 5.69 Å². The fourth-order valence-electron chi connectivity index (χ4n) is 2.49. The number of carbonyl (C=O) groups excluding carboxylic acids is 1. The Labute approximate surface area is 107 Å². The third kappa shape index (κ3) is 2.15. The van der Waals surface area contributed by atoms with E-state index in [1.807, 2.05) is 23.1 Å². The zero-order chi connectivity index (χ0) is 12.5. The molecule has 1 amide bonds. The predicted molar refractivity (Wildman–Crippen MR) is 69.6 cm³/mol. The summed E-state index contributed by atoms with van der Waals surface area (Å²) in [7, 11) is 0. The number of para-hydroxylation sites is 2. The summed E-state index contributed by atoms with van der Waals surface area (Å²) in [4.78, 5) is 16.0. The van der Waals surface area contributed by atoms with Crippen LogP contribution in [0.25, 0.3) is 0 Å². The van der Waals surface area contributed by atoms with E-state index in [9.17, 15) is 9.90 Å². The van der Waals surface area contributed by atoms with Crippen molar-refractivity contribution in [2.45, 2.75) is 12.8 Å². The second-order valence-electron chi connectivity index (χ2n) is 5.08. The minimum atomic E-state index is 0.307. The van der Waals surface area contributed by atoms with Crippen molar-refractivity contribution in [1.29, 1.82) is 0 Å². The zero-order valence-electron chi connectivity index (χ0n) is 10.4. The summed E-state index contributed by atoms with van der Waals surface area (Å²) in [5.74, 6) is 0.952. The summed E-state index contributed by atoms with van der Waals surface area (Å²) in [6.07, 6.45) is 2.14. The molecule has 1 aliphatic heterocycles. The van der Waals surface area contributed by atoms with Crippen molar-refractivity contribution < 1.29 is 9.90 Å². The molecule has 1 aromatic rings. The minimum absolute atomic E-state index is 0.307. The maximum Gasteiger partial charge on any atom is 0.225 e. The van der Waals surface area contributed by atoms with Crippen LogP contribution in [0.4, 0.5) is 5.69 Å². The Morgan fingerprint density at radius 1 is 1.11 bits per heavy atom. The van der Waals surface area contributed by atoms with Crippen molar-refractivity contribution in [3.05, 3.63) is 24.3 Å². The Bertz CT molecular complexity index is 449. The molecule has 96 valence electrons. The average Bonchev–Trinajstić information content (AvgIpc) is 3.23. The summed E-state index contributed by atoms with van der Waals surface area (Å²) in [5.41, 5.74) is 0.871. The topological polar surface area (TPSA) is 43.8 Å². The van der Waals surface area contributed by atoms with Gasteiger partial charge in [0.2, 0.25) is 5.91 Å². The molecule has 1 saturated carbocycles. The number of anilines is 1. The normalized spacial score (nSPS) is 20.0. The summed E-state index contributed by atoms with van der Waals surface area (Å²) < 4.78 is 0. The number of hydrogen-bond acceptors (Lipinski definition) is 3. The molecule has 1 heterocycles. The van der Waals surface area contributed by atoms with Crippen LogP contribution in [0.2, 0.25) is 0 Å². The van der Waals surface area contributed by atoms with Gasteiger partial charge < -0.3 is 14.9 Å². The highest BCUT2D eigenvalue weighted by Gasteiger charge is 2.34. The molecule has 1 aromatic carbocycles. The van der Waals surface area contributed by atoms with Gasteiger partial charge in [-0.15, -0.1) is 0 Å². The first-order valence-electron chi connectivity index (χ1n) is 6.57. The van der Waals surface area contributed by atoms with Crippen LogP contribution in [0.15, 0.2) is 24.3 Å². The summed E-state index contributed by atoms with van der Waals surface area (Å²) in [6, 6.07) is 7.38. The third-order valence-electron chi connectivity index (χ3n) is 3.74. The van der Waals surface area contributed by atoms with E-state index in [0.717, 1.165) is 44.7 Å². The van der Waals surface area contributed by atoms with E-state index in [4.69, 9.17) is 0 Å². The number of benzene rings is 1. The summed E-state index contributed by atoms with van der Waals surface area (Å²) in [6.45, 7) is 3.14. The van der Waals surface area contributed by atoms with Crippen LogP contribution < -0.4 is 4.90 Å². The molecular weight excluding hydrogens is 228 g/mol. The van der Waals surface area contributed by atoms with Crippen molar-refractivity contribution in [2.75, 3.05) is 31.1 Å². The van der Waals surface area contributed by atoms with Crippen LogP contribution in [0, 0.1) is 5.92 Å². The van der Waals surface area contributed by atoms with Crippen molar-refractivity contribution in [1.82, 2.24) is 4.90 Å². The number of amides is 1. The van der Waals surface area contributed by atoms with E-state index in [1.54, 1.807) is 6.07 Å². The molecule has 0 atom stereocenters. The number of piperazine rings is 1. The first-order valence-corrected chi connectivity index (χ1v) is 6.57. The molecular formula is C14H18N2O2. The highest BCUT2D eigenvalue weighted by atomic mass is 16.3. The minimum Gasteiger partial charge on any atom is -0.506 e. The number of carbonyl (C=O) groups is 1. The SMILES string of the molecule is O=C(C1CC1)N1CCN(c2ccccc2O)CC1. The molecule has 1 N–H and O–H groups in total. The van der Waals surface area contributed by atoms with Crippen molar-refractivity contribution >= 4 is 11.6 Å². The fraction of sp³-hybridized carbons (Fsp3) is 0.500. The standard InChI is InChI=1S/C14H18N2O2/c17-13-4-2-1-3-12(13)15-7-9-16(10-8-15)14(18)11-5-6-11/h1-4,11,17H,5-10H2. The Hall–Kier alpha value is -1.71. The molecule has 2 aliphatic rings.